The third-order valence-electron chi connectivity index (χ3n) is 3.59. The third kappa shape index (κ3) is 7.19. The molecule has 0 unspecified atom stereocenters. The van der Waals surface area contributed by atoms with Crippen LogP contribution < -0.4 is 5.73 Å². The van der Waals surface area contributed by atoms with Crippen LogP contribution in [0.25, 0.3) is 0 Å². The zero-order valence-corrected chi connectivity index (χ0v) is 12.4. The number of amides is 1. The first kappa shape index (κ1) is 16.0. The van der Waals surface area contributed by atoms with Gasteiger partial charge in [-0.2, -0.15) is 5.10 Å². The number of unbranched alkanes of at least 4 members (excludes halogenated alkanes) is 9. The molecule has 0 radical (unpaired) electrons. The topological polar surface area (TPSA) is 58.7 Å². The minimum Gasteiger partial charge on any atom is -0.385 e. The second-order valence-corrected chi connectivity index (χ2v) is 5.47. The number of amidine groups is 1. The van der Waals surface area contributed by atoms with E-state index in [0.29, 0.717) is 12.3 Å². The highest BCUT2D eigenvalue weighted by molar-refractivity contribution is 6.02. The Morgan fingerprint density at radius 1 is 1.00 bits per heavy atom. The van der Waals surface area contributed by atoms with E-state index in [4.69, 9.17) is 5.73 Å². The van der Waals surface area contributed by atoms with E-state index in [0.717, 1.165) is 13.0 Å². The monoisotopic (exact) mass is 267 g/mol. The molecule has 1 heterocycles. The van der Waals surface area contributed by atoms with Gasteiger partial charge in [-0.05, 0) is 6.42 Å². The smallest absolute Gasteiger partial charge is 0.250 e. The lowest BCUT2D eigenvalue weighted by atomic mass is 10.1. The van der Waals surface area contributed by atoms with Crippen LogP contribution in [0.15, 0.2) is 5.10 Å². The molecule has 0 atom stereocenters. The summed E-state index contributed by atoms with van der Waals surface area (Å²) in [6.07, 6.45) is 13.4. The fourth-order valence-electron chi connectivity index (χ4n) is 2.42. The number of carbonyl (C=O) groups excluding carboxylic acids is 1. The molecule has 1 rings (SSSR count). The van der Waals surface area contributed by atoms with Crippen molar-refractivity contribution in [1.29, 1.82) is 0 Å². The van der Waals surface area contributed by atoms with E-state index < -0.39 is 0 Å². The number of rotatable bonds is 11. The van der Waals surface area contributed by atoms with Crippen molar-refractivity contribution in [3.8, 4) is 0 Å². The minimum absolute atomic E-state index is 0.0495. The van der Waals surface area contributed by atoms with Gasteiger partial charge in [0.1, 0.15) is 5.84 Å². The molecule has 0 bridgehead atoms. The first-order chi connectivity index (χ1) is 9.24. The molecular formula is C15H29N3O. The Morgan fingerprint density at radius 3 is 2.00 bits per heavy atom. The van der Waals surface area contributed by atoms with Gasteiger partial charge < -0.3 is 5.73 Å². The van der Waals surface area contributed by atoms with Crippen molar-refractivity contribution in [1.82, 2.24) is 5.01 Å². The summed E-state index contributed by atoms with van der Waals surface area (Å²) in [7, 11) is 0. The first-order valence-electron chi connectivity index (χ1n) is 7.87. The van der Waals surface area contributed by atoms with E-state index in [1.54, 1.807) is 0 Å². The van der Waals surface area contributed by atoms with E-state index in [-0.39, 0.29) is 5.91 Å². The lowest BCUT2D eigenvalue weighted by Gasteiger charge is -2.10. The number of hydrogen-bond donors (Lipinski definition) is 1. The van der Waals surface area contributed by atoms with Crippen molar-refractivity contribution in [3.63, 3.8) is 0 Å². The summed E-state index contributed by atoms with van der Waals surface area (Å²) in [5, 5.41) is 5.55. The van der Waals surface area contributed by atoms with Gasteiger partial charge in [0.2, 0.25) is 5.91 Å². The van der Waals surface area contributed by atoms with Crippen LogP contribution in [0.2, 0.25) is 0 Å². The van der Waals surface area contributed by atoms with Gasteiger partial charge in [-0.15, -0.1) is 0 Å². The largest absolute Gasteiger partial charge is 0.385 e. The van der Waals surface area contributed by atoms with Crippen LogP contribution >= 0.6 is 0 Å². The molecule has 0 aromatic rings. The molecule has 0 fully saturated rings. The Kier molecular flexibility index (Phi) is 8.26. The van der Waals surface area contributed by atoms with Crippen molar-refractivity contribution >= 4 is 11.7 Å². The first-order valence-corrected chi connectivity index (χ1v) is 7.87. The second kappa shape index (κ2) is 9.82. The summed E-state index contributed by atoms with van der Waals surface area (Å²) < 4.78 is 0. The highest BCUT2D eigenvalue weighted by Crippen LogP contribution is 2.12. The molecule has 0 saturated heterocycles. The van der Waals surface area contributed by atoms with Crippen LogP contribution in [-0.4, -0.2) is 23.3 Å². The van der Waals surface area contributed by atoms with Crippen LogP contribution in [0.3, 0.4) is 0 Å². The van der Waals surface area contributed by atoms with Crippen LogP contribution in [0.4, 0.5) is 0 Å². The maximum absolute atomic E-state index is 11.4. The summed E-state index contributed by atoms with van der Waals surface area (Å²) in [5.74, 6) is 0.505. The van der Waals surface area contributed by atoms with Crippen LogP contribution in [0.5, 0.6) is 0 Å². The SMILES string of the molecule is CCCCCCCCCCCCN1N=C(N)CC1=O. The van der Waals surface area contributed by atoms with Gasteiger partial charge in [0, 0.05) is 6.54 Å². The molecule has 0 saturated carbocycles. The Morgan fingerprint density at radius 2 is 1.53 bits per heavy atom. The highest BCUT2D eigenvalue weighted by Gasteiger charge is 2.20. The van der Waals surface area contributed by atoms with E-state index in [2.05, 4.69) is 12.0 Å². The number of nitrogens with zero attached hydrogens (tertiary/aromatic N) is 2. The van der Waals surface area contributed by atoms with E-state index in [9.17, 15) is 4.79 Å². The normalized spacial score (nSPS) is 15.1. The molecule has 1 aliphatic heterocycles. The number of nitrogens with two attached hydrogens (primary N) is 1. The predicted octanol–water partition coefficient (Wildman–Crippen LogP) is 3.41. The lowest BCUT2D eigenvalue weighted by Crippen LogP contribution is -2.21. The summed E-state index contributed by atoms with van der Waals surface area (Å²) in [4.78, 5) is 11.4. The van der Waals surface area contributed by atoms with Gasteiger partial charge in [-0.25, -0.2) is 5.01 Å². The summed E-state index contributed by atoms with van der Waals surface area (Å²) in [5.41, 5.74) is 5.52. The van der Waals surface area contributed by atoms with E-state index >= 15 is 0 Å². The second-order valence-electron chi connectivity index (χ2n) is 5.47. The molecule has 4 heteroatoms. The van der Waals surface area contributed by atoms with Gasteiger partial charge in [0.15, 0.2) is 0 Å². The number of hydrazone groups is 1. The van der Waals surface area contributed by atoms with Crippen molar-refractivity contribution in [2.24, 2.45) is 10.8 Å². The van der Waals surface area contributed by atoms with Crippen LogP contribution in [0, 0.1) is 0 Å². The van der Waals surface area contributed by atoms with Crippen molar-refractivity contribution in [2.45, 2.75) is 77.6 Å². The Bertz CT molecular complexity index is 289. The average molecular weight is 267 g/mol. The molecule has 19 heavy (non-hydrogen) atoms. The number of hydrogen-bond acceptors (Lipinski definition) is 3. The molecule has 4 nitrogen and oxygen atoms in total. The van der Waals surface area contributed by atoms with Crippen molar-refractivity contribution in [3.05, 3.63) is 0 Å². The zero-order valence-electron chi connectivity index (χ0n) is 12.4. The molecule has 0 spiro atoms. The molecular weight excluding hydrogens is 238 g/mol. The maximum atomic E-state index is 11.4. The van der Waals surface area contributed by atoms with Gasteiger partial charge in [-0.1, -0.05) is 64.7 Å². The van der Waals surface area contributed by atoms with E-state index in [1.165, 1.54) is 62.8 Å². The van der Waals surface area contributed by atoms with Crippen molar-refractivity contribution < 1.29 is 4.79 Å². The molecule has 0 aliphatic carbocycles. The predicted molar refractivity (Wildman–Crippen MR) is 79.8 cm³/mol. The molecule has 1 amide bonds. The Labute approximate surface area is 117 Å². The average Bonchev–Trinajstić information content (AvgIpc) is 2.70. The van der Waals surface area contributed by atoms with Gasteiger partial charge >= 0.3 is 0 Å². The molecule has 110 valence electrons. The lowest BCUT2D eigenvalue weighted by molar-refractivity contribution is -0.128. The standard InChI is InChI=1S/C15H29N3O/c1-2-3-4-5-6-7-8-9-10-11-12-18-15(19)13-14(16)17-18/h2-13H2,1H3,(H2,16,17). The van der Waals surface area contributed by atoms with Crippen molar-refractivity contribution in [2.75, 3.05) is 6.54 Å². The Balaban J connectivity index is 1.85. The summed E-state index contributed by atoms with van der Waals surface area (Å²) >= 11 is 0. The quantitative estimate of drug-likeness (QED) is 0.583. The Hall–Kier alpha value is -1.06. The number of carbonyl (C=O) groups is 1. The fourth-order valence-corrected chi connectivity index (χ4v) is 2.42. The van der Waals surface area contributed by atoms with Gasteiger partial charge in [-0.3, -0.25) is 4.79 Å². The van der Waals surface area contributed by atoms with Crippen LogP contribution in [0.1, 0.15) is 77.6 Å². The van der Waals surface area contributed by atoms with Crippen LogP contribution in [-0.2, 0) is 4.79 Å². The highest BCUT2D eigenvalue weighted by atomic mass is 16.2. The minimum atomic E-state index is 0.0495. The van der Waals surface area contributed by atoms with E-state index in [1.807, 2.05) is 0 Å². The fraction of sp³-hybridized carbons (Fsp3) is 0.867. The molecule has 0 aromatic carbocycles. The van der Waals surface area contributed by atoms with Gasteiger partial charge in [0.25, 0.3) is 0 Å². The zero-order chi connectivity index (χ0) is 13.9. The molecule has 2 N–H and O–H groups in total. The maximum Gasteiger partial charge on any atom is 0.250 e. The molecule has 0 aromatic heterocycles. The summed E-state index contributed by atoms with van der Waals surface area (Å²) in [6, 6.07) is 0. The third-order valence-corrected chi connectivity index (χ3v) is 3.59. The molecule has 1 aliphatic rings. The van der Waals surface area contributed by atoms with Gasteiger partial charge in [0.05, 0.1) is 6.42 Å². The summed E-state index contributed by atoms with van der Waals surface area (Å²) in [6.45, 7) is 2.98.